The van der Waals surface area contributed by atoms with Crippen LogP contribution in [0.1, 0.15) is 12.8 Å². The van der Waals surface area contributed by atoms with Gasteiger partial charge in [0.05, 0.1) is 0 Å². The molecule has 0 spiro atoms. The van der Waals surface area contributed by atoms with Gasteiger partial charge in [0.1, 0.15) is 6.04 Å². The number of imide groups is 1. The molecule has 20 heavy (non-hydrogen) atoms. The number of carbonyl (C=O) groups is 3. The molecule has 0 radical (unpaired) electrons. The maximum Gasteiger partial charge on any atom is 0.254 e. The van der Waals surface area contributed by atoms with Crippen LogP contribution in [0, 0.1) is 0 Å². The fourth-order valence-corrected chi connectivity index (χ4v) is 2.78. The number of carbonyl (C=O) groups excluding carboxylic acids is 3. The summed E-state index contributed by atoms with van der Waals surface area (Å²) in [5.74, 6) is -0.878. The van der Waals surface area contributed by atoms with Crippen molar-refractivity contribution in [2.75, 3.05) is 6.54 Å². The fourth-order valence-electron chi connectivity index (χ4n) is 2.78. The summed E-state index contributed by atoms with van der Waals surface area (Å²) < 4.78 is 0. The van der Waals surface area contributed by atoms with Crippen LogP contribution in [-0.2, 0) is 14.4 Å². The van der Waals surface area contributed by atoms with Crippen molar-refractivity contribution in [2.45, 2.75) is 24.9 Å². The molecule has 3 aliphatic rings. The second-order valence-electron chi connectivity index (χ2n) is 5.11. The molecule has 0 aromatic carbocycles. The summed E-state index contributed by atoms with van der Waals surface area (Å²) in [6.07, 6.45) is 7.76. The van der Waals surface area contributed by atoms with Gasteiger partial charge in [0, 0.05) is 24.6 Å². The average Bonchev–Trinajstić information content (AvgIpc) is 2.61. The van der Waals surface area contributed by atoms with Crippen LogP contribution < -0.4 is 11.1 Å². The van der Waals surface area contributed by atoms with Crippen molar-refractivity contribution in [3.8, 4) is 0 Å². The number of amides is 3. The standard InChI is InChI=1S/C14H15N3O3/c15-10-4-2-1-3-8-9(10)7-17(14(8)20)11-5-6-12(18)16-13(11)19/h1-4,10-11H,5-7,15H2,(H,16,18,19). The molecule has 104 valence electrons. The van der Waals surface area contributed by atoms with E-state index in [-0.39, 0.29) is 24.3 Å². The molecule has 3 amide bonds. The first-order chi connectivity index (χ1) is 9.58. The van der Waals surface area contributed by atoms with Crippen LogP contribution >= 0.6 is 0 Å². The number of nitrogens with two attached hydrogens (primary N) is 1. The van der Waals surface area contributed by atoms with Crippen LogP contribution in [0.5, 0.6) is 0 Å². The second kappa shape index (κ2) is 4.72. The Bertz CT molecular complexity index is 588. The predicted molar refractivity (Wildman–Crippen MR) is 71.2 cm³/mol. The Morgan fingerprint density at radius 3 is 2.80 bits per heavy atom. The van der Waals surface area contributed by atoms with Gasteiger partial charge in [0.25, 0.3) is 5.91 Å². The highest BCUT2D eigenvalue weighted by Crippen LogP contribution is 2.28. The maximum atomic E-state index is 12.4. The van der Waals surface area contributed by atoms with Crippen LogP contribution in [-0.4, -0.2) is 41.2 Å². The molecule has 0 aromatic rings. The van der Waals surface area contributed by atoms with Gasteiger partial charge in [0.15, 0.2) is 0 Å². The molecule has 1 saturated heterocycles. The second-order valence-corrected chi connectivity index (χ2v) is 5.11. The van der Waals surface area contributed by atoms with Gasteiger partial charge in [0.2, 0.25) is 11.8 Å². The van der Waals surface area contributed by atoms with E-state index in [2.05, 4.69) is 5.32 Å². The summed E-state index contributed by atoms with van der Waals surface area (Å²) in [6.45, 7) is 0.344. The quantitative estimate of drug-likeness (QED) is 0.623. The lowest BCUT2D eigenvalue weighted by Gasteiger charge is -2.30. The Morgan fingerprint density at radius 2 is 2.05 bits per heavy atom. The summed E-state index contributed by atoms with van der Waals surface area (Å²) in [5, 5.41) is 2.28. The van der Waals surface area contributed by atoms with Crippen LogP contribution in [0.15, 0.2) is 35.5 Å². The van der Waals surface area contributed by atoms with Crippen molar-refractivity contribution in [1.82, 2.24) is 10.2 Å². The third-order valence-electron chi connectivity index (χ3n) is 3.86. The van der Waals surface area contributed by atoms with Crippen molar-refractivity contribution in [1.29, 1.82) is 0 Å². The van der Waals surface area contributed by atoms with Gasteiger partial charge in [-0.25, -0.2) is 0 Å². The summed E-state index contributed by atoms with van der Waals surface area (Å²) in [7, 11) is 0. The van der Waals surface area contributed by atoms with Crippen LogP contribution in [0.3, 0.4) is 0 Å². The fraction of sp³-hybridized carbons (Fsp3) is 0.357. The zero-order valence-electron chi connectivity index (χ0n) is 10.8. The molecule has 2 atom stereocenters. The van der Waals surface area contributed by atoms with Gasteiger partial charge in [-0.3, -0.25) is 19.7 Å². The lowest BCUT2D eigenvalue weighted by molar-refractivity contribution is -0.142. The molecule has 2 unspecified atom stereocenters. The van der Waals surface area contributed by atoms with E-state index in [1.165, 1.54) is 4.90 Å². The van der Waals surface area contributed by atoms with E-state index in [4.69, 9.17) is 5.73 Å². The van der Waals surface area contributed by atoms with Crippen molar-refractivity contribution in [3.05, 3.63) is 35.5 Å². The lowest BCUT2D eigenvalue weighted by Crippen LogP contribution is -2.53. The van der Waals surface area contributed by atoms with E-state index in [1.807, 2.05) is 12.2 Å². The zero-order valence-corrected chi connectivity index (χ0v) is 10.8. The Labute approximate surface area is 116 Å². The van der Waals surface area contributed by atoms with Gasteiger partial charge < -0.3 is 10.6 Å². The van der Waals surface area contributed by atoms with E-state index in [1.54, 1.807) is 12.2 Å². The van der Waals surface area contributed by atoms with E-state index >= 15 is 0 Å². The molecule has 0 aromatic heterocycles. The van der Waals surface area contributed by atoms with Crippen LogP contribution in [0.4, 0.5) is 0 Å². The molecule has 2 aliphatic heterocycles. The molecule has 1 fully saturated rings. The molecular weight excluding hydrogens is 258 g/mol. The van der Waals surface area contributed by atoms with Crippen molar-refractivity contribution < 1.29 is 14.4 Å². The van der Waals surface area contributed by atoms with Gasteiger partial charge in [-0.05, 0) is 18.1 Å². The molecule has 3 N–H and O–H groups in total. The molecular formula is C14H15N3O3. The minimum atomic E-state index is -0.586. The van der Waals surface area contributed by atoms with Crippen LogP contribution in [0.25, 0.3) is 0 Å². The molecule has 6 heteroatoms. The Balaban J connectivity index is 1.84. The molecule has 6 nitrogen and oxygen atoms in total. The van der Waals surface area contributed by atoms with Crippen molar-refractivity contribution in [2.24, 2.45) is 5.73 Å². The monoisotopic (exact) mass is 273 g/mol. The highest BCUT2D eigenvalue weighted by atomic mass is 16.2. The van der Waals surface area contributed by atoms with Crippen molar-refractivity contribution in [3.63, 3.8) is 0 Å². The van der Waals surface area contributed by atoms with E-state index < -0.39 is 11.9 Å². The average molecular weight is 273 g/mol. The lowest BCUT2D eigenvalue weighted by atomic mass is 10.0. The first-order valence-electron chi connectivity index (χ1n) is 6.56. The molecule has 2 heterocycles. The minimum Gasteiger partial charge on any atom is -0.322 e. The molecule has 1 aliphatic carbocycles. The van der Waals surface area contributed by atoms with Gasteiger partial charge in [-0.1, -0.05) is 18.2 Å². The SMILES string of the molecule is NC1C=CC=CC2=C1CN(C1CCC(=O)NC1=O)C2=O. The van der Waals surface area contributed by atoms with Gasteiger partial charge >= 0.3 is 0 Å². The third-order valence-corrected chi connectivity index (χ3v) is 3.86. The smallest absolute Gasteiger partial charge is 0.254 e. The molecule has 0 bridgehead atoms. The number of hydrogen-bond donors (Lipinski definition) is 2. The Morgan fingerprint density at radius 1 is 1.25 bits per heavy atom. The maximum absolute atomic E-state index is 12.4. The van der Waals surface area contributed by atoms with E-state index in [0.717, 1.165) is 5.57 Å². The van der Waals surface area contributed by atoms with Gasteiger partial charge in [-0.2, -0.15) is 0 Å². The topological polar surface area (TPSA) is 92.5 Å². The molecule has 3 rings (SSSR count). The van der Waals surface area contributed by atoms with Gasteiger partial charge in [-0.15, -0.1) is 0 Å². The number of allylic oxidation sites excluding steroid dienone is 2. The minimum absolute atomic E-state index is 0.190. The zero-order chi connectivity index (χ0) is 14.3. The number of piperidine rings is 1. The Kier molecular flexibility index (Phi) is 3.02. The first kappa shape index (κ1) is 12.8. The number of nitrogens with zero attached hydrogens (tertiary/aromatic N) is 1. The number of hydrogen-bond acceptors (Lipinski definition) is 4. The summed E-state index contributed by atoms with van der Waals surface area (Å²) in [5.41, 5.74) is 7.40. The molecule has 0 saturated carbocycles. The largest absolute Gasteiger partial charge is 0.322 e. The van der Waals surface area contributed by atoms with E-state index in [9.17, 15) is 14.4 Å². The van der Waals surface area contributed by atoms with Crippen molar-refractivity contribution >= 4 is 17.7 Å². The Hall–Kier alpha value is -2.21. The number of nitrogens with one attached hydrogen (secondary N) is 1. The number of rotatable bonds is 1. The normalized spacial score (nSPS) is 29.6. The third kappa shape index (κ3) is 1.98. The van der Waals surface area contributed by atoms with E-state index in [0.29, 0.717) is 18.5 Å². The summed E-state index contributed by atoms with van der Waals surface area (Å²) >= 11 is 0. The summed E-state index contributed by atoms with van der Waals surface area (Å²) in [6, 6.07) is -0.904. The highest BCUT2D eigenvalue weighted by Gasteiger charge is 2.40. The predicted octanol–water partition coefficient (Wildman–Crippen LogP) is -0.616. The van der Waals surface area contributed by atoms with Crippen LogP contribution in [0.2, 0.25) is 0 Å². The summed E-state index contributed by atoms with van der Waals surface area (Å²) in [4.78, 5) is 37.0. The highest BCUT2D eigenvalue weighted by molar-refractivity contribution is 6.06. The first-order valence-corrected chi connectivity index (χ1v) is 6.56.